The topological polar surface area (TPSA) is 63.2 Å². The molecule has 4 rings (SSSR count). The molecule has 144 valence electrons. The van der Waals surface area contributed by atoms with E-state index in [2.05, 4.69) is 37.3 Å². The van der Waals surface area contributed by atoms with E-state index >= 15 is 0 Å². The van der Waals surface area contributed by atoms with Gasteiger partial charge >= 0.3 is 0 Å². The summed E-state index contributed by atoms with van der Waals surface area (Å²) in [7, 11) is 0. The maximum atomic E-state index is 5.78. The van der Waals surface area contributed by atoms with Gasteiger partial charge in [0.15, 0.2) is 0 Å². The predicted molar refractivity (Wildman–Crippen MR) is 110 cm³/mol. The van der Waals surface area contributed by atoms with Crippen LogP contribution in [0.5, 0.6) is 5.75 Å². The number of nitrogens with zero attached hydrogens (tertiary/aromatic N) is 4. The fourth-order valence-electron chi connectivity index (χ4n) is 3.28. The van der Waals surface area contributed by atoms with E-state index in [-0.39, 0.29) is 0 Å². The van der Waals surface area contributed by atoms with Crippen molar-refractivity contribution in [3.8, 4) is 5.75 Å². The standard InChI is InChI=1S/C22H25N5O/c1-4-12-27(13-5-1)22-14-21(25-17-26-22)24-15-18-7-9-20(10-8-18)28-16-19-6-2-3-11-23-19/h2-3,6-11,14,17H,1,4-5,12-13,15-16H2,(H,24,25,26). The van der Waals surface area contributed by atoms with Gasteiger partial charge in [-0.2, -0.15) is 0 Å². The molecular weight excluding hydrogens is 350 g/mol. The largest absolute Gasteiger partial charge is 0.487 e. The lowest BCUT2D eigenvalue weighted by molar-refractivity contribution is 0.301. The molecule has 0 atom stereocenters. The summed E-state index contributed by atoms with van der Waals surface area (Å²) < 4.78 is 5.78. The van der Waals surface area contributed by atoms with Crippen LogP contribution in [0.25, 0.3) is 0 Å². The van der Waals surface area contributed by atoms with Gasteiger partial charge in [-0.05, 0) is 49.1 Å². The molecule has 28 heavy (non-hydrogen) atoms. The number of anilines is 2. The minimum absolute atomic E-state index is 0.471. The maximum absolute atomic E-state index is 5.78. The van der Waals surface area contributed by atoms with Crippen molar-refractivity contribution in [3.05, 3.63) is 72.3 Å². The van der Waals surface area contributed by atoms with E-state index in [1.165, 1.54) is 24.8 Å². The highest BCUT2D eigenvalue weighted by Crippen LogP contribution is 2.20. The zero-order valence-electron chi connectivity index (χ0n) is 15.9. The highest BCUT2D eigenvalue weighted by atomic mass is 16.5. The van der Waals surface area contributed by atoms with Gasteiger partial charge in [0.1, 0.15) is 30.3 Å². The van der Waals surface area contributed by atoms with E-state index in [4.69, 9.17) is 4.74 Å². The third-order valence-corrected chi connectivity index (χ3v) is 4.84. The van der Waals surface area contributed by atoms with Crippen LogP contribution >= 0.6 is 0 Å². The van der Waals surface area contributed by atoms with E-state index in [1.807, 2.05) is 36.4 Å². The number of hydrogen-bond acceptors (Lipinski definition) is 6. The summed E-state index contributed by atoms with van der Waals surface area (Å²) in [5, 5.41) is 3.39. The molecule has 0 spiro atoms. The first-order valence-corrected chi connectivity index (χ1v) is 9.79. The zero-order chi connectivity index (χ0) is 19.0. The van der Waals surface area contributed by atoms with Gasteiger partial charge in [-0.1, -0.05) is 18.2 Å². The summed E-state index contributed by atoms with van der Waals surface area (Å²) in [5.74, 6) is 2.70. The van der Waals surface area contributed by atoms with Gasteiger partial charge in [-0.25, -0.2) is 9.97 Å². The Morgan fingerprint density at radius 1 is 0.929 bits per heavy atom. The van der Waals surface area contributed by atoms with Gasteiger partial charge in [0.05, 0.1) is 5.69 Å². The molecule has 1 aliphatic rings. The Hall–Kier alpha value is -3.15. The molecular formula is C22H25N5O. The molecule has 1 aliphatic heterocycles. The van der Waals surface area contributed by atoms with Crippen molar-refractivity contribution in [2.45, 2.75) is 32.4 Å². The molecule has 6 heteroatoms. The SMILES string of the molecule is c1ccc(COc2ccc(CNc3cc(N4CCCCC4)ncn3)cc2)nc1. The first-order chi connectivity index (χ1) is 13.9. The summed E-state index contributed by atoms with van der Waals surface area (Å²) in [6.45, 7) is 3.34. The number of aromatic nitrogens is 3. The maximum Gasteiger partial charge on any atom is 0.134 e. The smallest absolute Gasteiger partial charge is 0.134 e. The minimum Gasteiger partial charge on any atom is -0.487 e. The van der Waals surface area contributed by atoms with E-state index in [1.54, 1.807) is 12.5 Å². The Kier molecular flexibility index (Phi) is 5.97. The quantitative estimate of drug-likeness (QED) is 0.672. The van der Waals surface area contributed by atoms with E-state index in [0.29, 0.717) is 13.2 Å². The molecule has 2 aromatic heterocycles. The average molecular weight is 375 g/mol. The second kappa shape index (κ2) is 9.17. The fourth-order valence-corrected chi connectivity index (χ4v) is 3.28. The van der Waals surface area contributed by atoms with Crippen molar-refractivity contribution in [2.24, 2.45) is 0 Å². The Morgan fingerprint density at radius 2 is 1.79 bits per heavy atom. The summed E-state index contributed by atoms with van der Waals surface area (Å²) >= 11 is 0. The molecule has 1 aromatic carbocycles. The number of benzene rings is 1. The number of rotatable bonds is 7. The van der Waals surface area contributed by atoms with Gasteiger partial charge in [0.25, 0.3) is 0 Å². The van der Waals surface area contributed by atoms with E-state index < -0.39 is 0 Å². The Balaban J connectivity index is 1.30. The van der Waals surface area contributed by atoms with Crippen molar-refractivity contribution in [1.29, 1.82) is 0 Å². The molecule has 0 amide bonds. The lowest BCUT2D eigenvalue weighted by Crippen LogP contribution is -2.30. The Labute approximate surface area is 165 Å². The van der Waals surface area contributed by atoms with Crippen LogP contribution in [0.4, 0.5) is 11.6 Å². The summed E-state index contributed by atoms with van der Waals surface area (Å²) in [6, 6.07) is 16.0. The van der Waals surface area contributed by atoms with Gasteiger partial charge in [0, 0.05) is 31.9 Å². The van der Waals surface area contributed by atoms with Crippen molar-refractivity contribution < 1.29 is 4.74 Å². The van der Waals surface area contributed by atoms with Gasteiger partial charge in [-0.15, -0.1) is 0 Å². The molecule has 0 bridgehead atoms. The molecule has 1 N–H and O–H groups in total. The molecule has 0 radical (unpaired) electrons. The van der Waals surface area contributed by atoms with Crippen LogP contribution in [0.3, 0.4) is 0 Å². The molecule has 0 aliphatic carbocycles. The van der Waals surface area contributed by atoms with Gasteiger partial charge in [0.2, 0.25) is 0 Å². The highest BCUT2D eigenvalue weighted by molar-refractivity contribution is 5.49. The first-order valence-electron chi connectivity index (χ1n) is 9.79. The first kappa shape index (κ1) is 18.2. The Morgan fingerprint density at radius 3 is 2.57 bits per heavy atom. The lowest BCUT2D eigenvalue weighted by atomic mass is 10.1. The molecule has 3 heterocycles. The molecule has 0 unspecified atom stereocenters. The molecule has 6 nitrogen and oxygen atoms in total. The average Bonchev–Trinajstić information content (AvgIpc) is 2.78. The normalized spacial score (nSPS) is 13.9. The third kappa shape index (κ3) is 4.97. The third-order valence-electron chi connectivity index (χ3n) is 4.84. The van der Waals surface area contributed by atoms with Crippen molar-refractivity contribution in [3.63, 3.8) is 0 Å². The minimum atomic E-state index is 0.471. The summed E-state index contributed by atoms with van der Waals surface area (Å²) in [5.41, 5.74) is 2.09. The Bertz CT molecular complexity index is 864. The van der Waals surface area contributed by atoms with Crippen molar-refractivity contribution in [2.75, 3.05) is 23.3 Å². The molecule has 0 saturated carbocycles. The van der Waals surface area contributed by atoms with Crippen molar-refractivity contribution in [1.82, 2.24) is 15.0 Å². The van der Waals surface area contributed by atoms with Crippen LogP contribution in [-0.2, 0) is 13.2 Å². The van der Waals surface area contributed by atoms with Crippen LogP contribution < -0.4 is 15.0 Å². The van der Waals surface area contributed by atoms with E-state index in [0.717, 1.165) is 36.2 Å². The van der Waals surface area contributed by atoms with Crippen LogP contribution in [0, 0.1) is 0 Å². The van der Waals surface area contributed by atoms with Gasteiger partial charge in [-0.3, -0.25) is 4.98 Å². The number of hydrogen-bond donors (Lipinski definition) is 1. The number of pyridine rings is 1. The fraction of sp³-hybridized carbons (Fsp3) is 0.318. The monoisotopic (exact) mass is 375 g/mol. The predicted octanol–water partition coefficient (Wildman–Crippen LogP) is 4.05. The zero-order valence-corrected chi connectivity index (χ0v) is 15.9. The van der Waals surface area contributed by atoms with E-state index in [9.17, 15) is 0 Å². The van der Waals surface area contributed by atoms with Crippen LogP contribution in [0.2, 0.25) is 0 Å². The number of nitrogens with one attached hydrogen (secondary N) is 1. The molecule has 3 aromatic rings. The second-order valence-corrected chi connectivity index (χ2v) is 6.92. The number of piperidine rings is 1. The van der Waals surface area contributed by atoms with Crippen LogP contribution in [0.15, 0.2) is 61.1 Å². The van der Waals surface area contributed by atoms with Crippen molar-refractivity contribution >= 4 is 11.6 Å². The molecule has 1 saturated heterocycles. The highest BCUT2D eigenvalue weighted by Gasteiger charge is 2.12. The number of ether oxygens (including phenoxy) is 1. The molecule has 1 fully saturated rings. The van der Waals surface area contributed by atoms with Crippen LogP contribution in [0.1, 0.15) is 30.5 Å². The summed E-state index contributed by atoms with van der Waals surface area (Å²) in [4.78, 5) is 15.4. The lowest BCUT2D eigenvalue weighted by Gasteiger charge is -2.27. The summed E-state index contributed by atoms with van der Waals surface area (Å²) in [6.07, 6.45) is 7.20. The van der Waals surface area contributed by atoms with Crippen LogP contribution in [-0.4, -0.2) is 28.0 Å². The van der Waals surface area contributed by atoms with Gasteiger partial charge < -0.3 is 15.0 Å². The second-order valence-electron chi connectivity index (χ2n) is 6.92.